The Morgan fingerprint density at radius 1 is 0.531 bits per heavy atom. The molecule has 0 N–H and O–H groups in total. The van der Waals surface area contributed by atoms with Gasteiger partial charge in [0.2, 0.25) is 0 Å². The Bertz CT molecular complexity index is 1550. The third kappa shape index (κ3) is 2.94. The van der Waals surface area contributed by atoms with Crippen molar-refractivity contribution in [1.82, 2.24) is 0 Å². The SMILES string of the molecule is CO/C(=C\c1c2ccccc2cc2ccccc12)c1c2ccccc2cc2ccccc12. The molecular weight excluding hydrogens is 388 g/mol. The lowest BCUT2D eigenvalue weighted by Gasteiger charge is -2.16. The molecule has 1 nitrogen and oxygen atoms in total. The van der Waals surface area contributed by atoms with Gasteiger partial charge in [0.1, 0.15) is 5.76 Å². The third-order valence-corrected chi connectivity index (χ3v) is 6.33. The summed E-state index contributed by atoms with van der Waals surface area (Å²) < 4.78 is 6.12. The Hall–Kier alpha value is -4.10. The Morgan fingerprint density at radius 3 is 1.34 bits per heavy atom. The van der Waals surface area contributed by atoms with E-state index in [-0.39, 0.29) is 0 Å². The van der Waals surface area contributed by atoms with Gasteiger partial charge in [0.25, 0.3) is 0 Å². The van der Waals surface area contributed by atoms with Gasteiger partial charge in [-0.1, -0.05) is 97.1 Å². The minimum absolute atomic E-state index is 0.875. The van der Waals surface area contributed by atoms with Crippen LogP contribution in [-0.4, -0.2) is 7.11 Å². The van der Waals surface area contributed by atoms with Crippen LogP contribution in [0.4, 0.5) is 0 Å². The molecule has 0 bridgehead atoms. The molecule has 0 aromatic heterocycles. The van der Waals surface area contributed by atoms with Crippen molar-refractivity contribution in [3.63, 3.8) is 0 Å². The molecule has 0 heterocycles. The highest BCUT2D eigenvalue weighted by atomic mass is 16.5. The lowest BCUT2D eigenvalue weighted by Crippen LogP contribution is -1.93. The van der Waals surface area contributed by atoms with E-state index in [2.05, 4.69) is 115 Å². The maximum Gasteiger partial charge on any atom is 0.127 e. The molecule has 0 unspecified atom stereocenters. The molecule has 0 fully saturated rings. The summed E-state index contributed by atoms with van der Waals surface area (Å²) in [5.41, 5.74) is 2.32. The van der Waals surface area contributed by atoms with Crippen molar-refractivity contribution in [2.75, 3.05) is 7.11 Å². The summed E-state index contributed by atoms with van der Waals surface area (Å²) in [5, 5.41) is 9.74. The lowest BCUT2D eigenvalue weighted by molar-refractivity contribution is 0.374. The fraction of sp³-hybridized carbons (Fsp3) is 0.0323. The van der Waals surface area contributed by atoms with E-state index in [1.807, 2.05) is 0 Å². The first-order valence-electron chi connectivity index (χ1n) is 10.9. The normalized spacial score (nSPS) is 12.1. The van der Waals surface area contributed by atoms with Crippen molar-refractivity contribution in [3.8, 4) is 0 Å². The van der Waals surface area contributed by atoms with Crippen molar-refractivity contribution in [3.05, 3.63) is 120 Å². The molecule has 152 valence electrons. The molecule has 0 saturated carbocycles. The van der Waals surface area contributed by atoms with Gasteiger partial charge in [0.15, 0.2) is 0 Å². The first kappa shape index (κ1) is 18.7. The summed E-state index contributed by atoms with van der Waals surface area (Å²) in [7, 11) is 1.77. The first-order valence-corrected chi connectivity index (χ1v) is 10.9. The molecule has 0 aliphatic rings. The zero-order chi connectivity index (χ0) is 21.5. The van der Waals surface area contributed by atoms with Crippen LogP contribution in [0.5, 0.6) is 0 Å². The highest BCUT2D eigenvalue weighted by Crippen LogP contribution is 2.37. The van der Waals surface area contributed by atoms with Crippen molar-refractivity contribution in [2.24, 2.45) is 0 Å². The summed E-state index contributed by atoms with van der Waals surface area (Å²) in [5.74, 6) is 0.875. The van der Waals surface area contributed by atoms with E-state index in [0.29, 0.717) is 0 Å². The highest BCUT2D eigenvalue weighted by molar-refractivity contribution is 6.13. The minimum Gasteiger partial charge on any atom is -0.496 e. The first-order chi connectivity index (χ1) is 15.8. The number of fused-ring (bicyclic) bond motifs is 4. The second-order valence-electron chi connectivity index (χ2n) is 8.14. The van der Waals surface area contributed by atoms with Crippen LogP contribution < -0.4 is 0 Å². The predicted molar refractivity (Wildman–Crippen MR) is 138 cm³/mol. The van der Waals surface area contributed by atoms with E-state index >= 15 is 0 Å². The molecule has 0 aliphatic carbocycles. The fourth-order valence-electron chi connectivity index (χ4n) is 4.85. The molecule has 6 aromatic carbocycles. The van der Waals surface area contributed by atoms with Crippen molar-refractivity contribution in [2.45, 2.75) is 0 Å². The Morgan fingerprint density at radius 2 is 0.906 bits per heavy atom. The molecule has 0 aliphatic heterocycles. The number of hydrogen-bond acceptors (Lipinski definition) is 1. The van der Waals surface area contributed by atoms with Gasteiger partial charge >= 0.3 is 0 Å². The quantitative estimate of drug-likeness (QED) is 0.162. The van der Waals surface area contributed by atoms with Crippen LogP contribution in [0.3, 0.4) is 0 Å². The molecule has 0 spiro atoms. The van der Waals surface area contributed by atoms with Crippen LogP contribution in [0.25, 0.3) is 54.9 Å². The zero-order valence-corrected chi connectivity index (χ0v) is 17.9. The van der Waals surface area contributed by atoms with Crippen molar-refractivity contribution in [1.29, 1.82) is 0 Å². The average molecular weight is 411 g/mol. The van der Waals surface area contributed by atoms with Crippen LogP contribution in [0.2, 0.25) is 0 Å². The van der Waals surface area contributed by atoms with E-state index in [9.17, 15) is 0 Å². The molecular formula is C31H22O. The summed E-state index contributed by atoms with van der Waals surface area (Å²) in [6.07, 6.45) is 2.22. The molecule has 6 rings (SSSR count). The van der Waals surface area contributed by atoms with Gasteiger partial charge in [-0.25, -0.2) is 0 Å². The van der Waals surface area contributed by atoms with Crippen molar-refractivity contribution >= 4 is 54.9 Å². The number of methoxy groups -OCH3 is 1. The average Bonchev–Trinajstić information content (AvgIpc) is 2.85. The number of rotatable bonds is 3. The van der Waals surface area contributed by atoms with Crippen molar-refractivity contribution < 1.29 is 4.74 Å². The van der Waals surface area contributed by atoms with E-state index in [0.717, 1.165) is 11.3 Å². The topological polar surface area (TPSA) is 9.23 Å². The van der Waals surface area contributed by atoms with Gasteiger partial charge in [-0.3, -0.25) is 0 Å². The molecule has 6 aromatic rings. The monoisotopic (exact) mass is 410 g/mol. The molecule has 0 radical (unpaired) electrons. The Labute approximate surface area is 187 Å². The van der Waals surface area contributed by atoms with Crippen LogP contribution in [-0.2, 0) is 4.74 Å². The van der Waals surface area contributed by atoms with E-state index in [1.165, 1.54) is 48.7 Å². The maximum absolute atomic E-state index is 6.12. The second-order valence-corrected chi connectivity index (χ2v) is 8.14. The number of ether oxygens (including phenoxy) is 1. The molecule has 32 heavy (non-hydrogen) atoms. The third-order valence-electron chi connectivity index (χ3n) is 6.33. The van der Waals surface area contributed by atoms with E-state index in [1.54, 1.807) is 7.11 Å². The predicted octanol–water partition coefficient (Wildman–Crippen LogP) is 8.44. The zero-order valence-electron chi connectivity index (χ0n) is 17.9. The van der Waals surface area contributed by atoms with Gasteiger partial charge in [-0.2, -0.15) is 0 Å². The second kappa shape index (κ2) is 7.55. The van der Waals surface area contributed by atoms with Gasteiger partial charge in [0, 0.05) is 5.56 Å². The molecule has 0 atom stereocenters. The fourth-order valence-corrected chi connectivity index (χ4v) is 4.85. The lowest BCUT2D eigenvalue weighted by atomic mass is 9.92. The van der Waals surface area contributed by atoms with Crippen LogP contribution in [0.1, 0.15) is 11.1 Å². The van der Waals surface area contributed by atoms with Gasteiger partial charge in [-0.05, 0) is 66.9 Å². The molecule has 0 saturated heterocycles. The highest BCUT2D eigenvalue weighted by Gasteiger charge is 2.14. The summed E-state index contributed by atoms with van der Waals surface area (Å²) in [4.78, 5) is 0. The summed E-state index contributed by atoms with van der Waals surface area (Å²) in [6.45, 7) is 0. The maximum atomic E-state index is 6.12. The van der Waals surface area contributed by atoms with Crippen LogP contribution in [0, 0.1) is 0 Å². The molecule has 1 heteroatoms. The smallest absolute Gasteiger partial charge is 0.127 e. The summed E-state index contributed by atoms with van der Waals surface area (Å²) in [6, 6.07) is 38.8. The summed E-state index contributed by atoms with van der Waals surface area (Å²) >= 11 is 0. The van der Waals surface area contributed by atoms with Gasteiger partial charge in [-0.15, -0.1) is 0 Å². The van der Waals surface area contributed by atoms with Gasteiger partial charge in [0.05, 0.1) is 7.11 Å². The van der Waals surface area contributed by atoms with Crippen LogP contribution in [0.15, 0.2) is 109 Å². The van der Waals surface area contributed by atoms with Crippen LogP contribution >= 0.6 is 0 Å². The standard InChI is InChI=1S/C31H22O/c1-32-30(31-27-16-8-4-12-23(27)19-24-13-5-9-17-28(24)31)20-29-25-14-6-2-10-21(25)18-22-11-3-7-15-26(22)29/h2-20H,1H3/b30-20-. The minimum atomic E-state index is 0.875. The van der Waals surface area contributed by atoms with E-state index < -0.39 is 0 Å². The number of hydrogen-bond donors (Lipinski definition) is 0. The largest absolute Gasteiger partial charge is 0.496 e. The molecule has 0 amide bonds. The van der Waals surface area contributed by atoms with Gasteiger partial charge < -0.3 is 4.74 Å². The Balaban J connectivity index is 1.75. The van der Waals surface area contributed by atoms with E-state index in [4.69, 9.17) is 4.74 Å². The Kier molecular flexibility index (Phi) is 4.40. The number of benzene rings is 6.